The fourth-order valence-electron chi connectivity index (χ4n) is 1.76. The maximum Gasteiger partial charge on any atom is 0.148 e. The molecule has 0 fully saturated rings. The van der Waals surface area contributed by atoms with Gasteiger partial charge in [-0.05, 0) is 22.9 Å². The molecular weight excluding hydrogens is 252 g/mol. The van der Waals surface area contributed by atoms with E-state index in [1.165, 1.54) is 10.8 Å². The van der Waals surface area contributed by atoms with Crippen molar-refractivity contribution in [1.82, 2.24) is 0 Å². The van der Waals surface area contributed by atoms with E-state index >= 15 is 0 Å². The van der Waals surface area contributed by atoms with Gasteiger partial charge in [-0.25, -0.2) is 0 Å². The van der Waals surface area contributed by atoms with Gasteiger partial charge >= 0.3 is 0 Å². The SMILES string of the molecule is COCCOCOCC#Cc1ccc2ccccc2c1. The molecule has 104 valence electrons. The lowest BCUT2D eigenvalue weighted by molar-refractivity contribution is -0.0556. The average molecular weight is 270 g/mol. The number of benzene rings is 2. The van der Waals surface area contributed by atoms with Crippen LogP contribution >= 0.6 is 0 Å². The van der Waals surface area contributed by atoms with Crippen LogP contribution in [0.15, 0.2) is 42.5 Å². The second kappa shape index (κ2) is 8.34. The summed E-state index contributed by atoms with van der Waals surface area (Å²) in [5, 5.41) is 2.42. The van der Waals surface area contributed by atoms with Crippen LogP contribution in [-0.4, -0.2) is 33.7 Å². The molecule has 0 aliphatic rings. The highest BCUT2D eigenvalue weighted by Crippen LogP contribution is 2.14. The lowest BCUT2D eigenvalue weighted by Gasteiger charge is -2.01. The van der Waals surface area contributed by atoms with Gasteiger partial charge < -0.3 is 14.2 Å². The fraction of sp³-hybridized carbons (Fsp3) is 0.294. The zero-order valence-electron chi connectivity index (χ0n) is 11.6. The van der Waals surface area contributed by atoms with Crippen molar-refractivity contribution in [2.45, 2.75) is 0 Å². The van der Waals surface area contributed by atoms with Crippen molar-refractivity contribution in [2.75, 3.05) is 33.7 Å². The zero-order chi connectivity index (χ0) is 14.0. The molecule has 20 heavy (non-hydrogen) atoms. The van der Waals surface area contributed by atoms with Crippen molar-refractivity contribution >= 4 is 10.8 Å². The van der Waals surface area contributed by atoms with Crippen molar-refractivity contribution in [3.05, 3.63) is 48.0 Å². The fourth-order valence-corrected chi connectivity index (χ4v) is 1.76. The summed E-state index contributed by atoms with van der Waals surface area (Å²) in [6.07, 6.45) is 0. The molecular formula is C17H18O3. The highest BCUT2D eigenvalue weighted by molar-refractivity contribution is 5.83. The Kier molecular flexibility index (Phi) is 6.07. The number of fused-ring (bicyclic) bond motifs is 1. The monoisotopic (exact) mass is 270 g/mol. The summed E-state index contributed by atoms with van der Waals surface area (Å²) in [4.78, 5) is 0. The van der Waals surface area contributed by atoms with Gasteiger partial charge in [0, 0.05) is 12.7 Å². The molecule has 0 aliphatic carbocycles. The third-order valence-corrected chi connectivity index (χ3v) is 2.75. The van der Waals surface area contributed by atoms with Crippen LogP contribution in [-0.2, 0) is 14.2 Å². The zero-order valence-corrected chi connectivity index (χ0v) is 11.6. The van der Waals surface area contributed by atoms with Gasteiger partial charge in [0.15, 0.2) is 0 Å². The van der Waals surface area contributed by atoms with Gasteiger partial charge in [-0.2, -0.15) is 0 Å². The van der Waals surface area contributed by atoms with Crippen LogP contribution in [0.25, 0.3) is 10.8 Å². The normalized spacial score (nSPS) is 10.2. The van der Waals surface area contributed by atoms with Crippen molar-refractivity contribution in [1.29, 1.82) is 0 Å². The maximum absolute atomic E-state index is 5.24. The minimum Gasteiger partial charge on any atom is -0.382 e. The molecule has 3 heteroatoms. The van der Waals surface area contributed by atoms with Crippen LogP contribution in [0.4, 0.5) is 0 Å². The van der Waals surface area contributed by atoms with E-state index in [1.54, 1.807) is 7.11 Å². The topological polar surface area (TPSA) is 27.7 Å². The minimum atomic E-state index is 0.246. The molecule has 0 saturated carbocycles. The maximum atomic E-state index is 5.24. The van der Waals surface area contributed by atoms with Crippen molar-refractivity contribution in [3.63, 3.8) is 0 Å². The Balaban J connectivity index is 1.79. The first kappa shape index (κ1) is 14.5. The Labute approximate surface area is 119 Å². The standard InChI is InChI=1S/C17H18O3/c1-18-11-12-20-14-19-10-4-5-15-8-9-16-6-2-3-7-17(16)13-15/h2-3,6-9,13H,10-12,14H2,1H3. The van der Waals surface area contributed by atoms with E-state index in [2.05, 4.69) is 36.1 Å². The predicted octanol–water partition coefficient (Wildman–Crippen LogP) is 2.83. The van der Waals surface area contributed by atoms with Gasteiger partial charge in [-0.1, -0.05) is 42.2 Å². The molecule has 0 aliphatic heterocycles. The molecule has 0 saturated heterocycles. The number of rotatable bonds is 6. The van der Waals surface area contributed by atoms with E-state index in [9.17, 15) is 0 Å². The minimum absolute atomic E-state index is 0.246. The highest BCUT2D eigenvalue weighted by Gasteiger charge is 1.92. The molecule has 0 spiro atoms. The van der Waals surface area contributed by atoms with E-state index in [0.29, 0.717) is 19.8 Å². The van der Waals surface area contributed by atoms with E-state index < -0.39 is 0 Å². The second-order valence-electron chi connectivity index (χ2n) is 4.23. The van der Waals surface area contributed by atoms with Crippen molar-refractivity contribution in [2.24, 2.45) is 0 Å². The van der Waals surface area contributed by atoms with Gasteiger partial charge in [0.2, 0.25) is 0 Å². The third-order valence-electron chi connectivity index (χ3n) is 2.75. The predicted molar refractivity (Wildman–Crippen MR) is 79.5 cm³/mol. The summed E-state index contributed by atoms with van der Waals surface area (Å²) in [7, 11) is 1.64. The molecule has 2 aromatic carbocycles. The molecule has 0 radical (unpaired) electrons. The number of methoxy groups -OCH3 is 1. The van der Waals surface area contributed by atoms with Gasteiger partial charge in [0.05, 0.1) is 13.2 Å². The smallest absolute Gasteiger partial charge is 0.148 e. The van der Waals surface area contributed by atoms with Crippen LogP contribution in [0.3, 0.4) is 0 Å². The van der Waals surface area contributed by atoms with Crippen LogP contribution in [0.1, 0.15) is 5.56 Å². The van der Waals surface area contributed by atoms with Crippen molar-refractivity contribution in [3.8, 4) is 11.8 Å². The van der Waals surface area contributed by atoms with Gasteiger partial charge in [0.1, 0.15) is 13.4 Å². The molecule has 3 nitrogen and oxygen atoms in total. The van der Waals surface area contributed by atoms with Gasteiger partial charge in [-0.3, -0.25) is 0 Å². The third kappa shape index (κ3) is 4.67. The van der Waals surface area contributed by atoms with Crippen LogP contribution in [0.5, 0.6) is 0 Å². The average Bonchev–Trinajstić information content (AvgIpc) is 2.50. The summed E-state index contributed by atoms with van der Waals surface area (Å²) in [6, 6.07) is 14.4. The van der Waals surface area contributed by atoms with E-state index in [4.69, 9.17) is 14.2 Å². The Bertz CT molecular complexity index is 596. The van der Waals surface area contributed by atoms with Gasteiger partial charge in [0.25, 0.3) is 0 Å². The second-order valence-corrected chi connectivity index (χ2v) is 4.23. The summed E-state index contributed by atoms with van der Waals surface area (Å²) >= 11 is 0. The largest absolute Gasteiger partial charge is 0.382 e. The quantitative estimate of drug-likeness (QED) is 0.459. The van der Waals surface area contributed by atoms with Gasteiger partial charge in [-0.15, -0.1) is 0 Å². The Morgan fingerprint density at radius 1 is 0.950 bits per heavy atom. The highest BCUT2D eigenvalue weighted by atomic mass is 16.7. The molecule has 0 amide bonds. The Hall–Kier alpha value is -1.86. The first-order chi connectivity index (χ1) is 9.90. The first-order valence-electron chi connectivity index (χ1n) is 6.52. The van der Waals surface area contributed by atoms with E-state index in [0.717, 1.165) is 5.56 Å². The van der Waals surface area contributed by atoms with Crippen LogP contribution in [0, 0.1) is 11.8 Å². The summed E-state index contributed by atoms with van der Waals surface area (Å²) < 4.78 is 15.3. The van der Waals surface area contributed by atoms with E-state index in [1.807, 2.05) is 18.2 Å². The molecule has 0 atom stereocenters. The number of ether oxygens (including phenoxy) is 3. The molecule has 0 N–H and O–H groups in total. The van der Waals surface area contributed by atoms with E-state index in [-0.39, 0.29) is 6.79 Å². The number of hydrogen-bond donors (Lipinski definition) is 0. The molecule has 2 aromatic rings. The van der Waals surface area contributed by atoms with Crippen molar-refractivity contribution < 1.29 is 14.2 Å². The molecule has 0 heterocycles. The number of hydrogen-bond acceptors (Lipinski definition) is 3. The Morgan fingerprint density at radius 2 is 1.80 bits per heavy atom. The molecule has 2 rings (SSSR count). The molecule has 0 aromatic heterocycles. The lowest BCUT2D eigenvalue weighted by Crippen LogP contribution is -2.05. The summed E-state index contributed by atoms with van der Waals surface area (Å²) in [5.41, 5.74) is 0.993. The Morgan fingerprint density at radius 3 is 2.65 bits per heavy atom. The van der Waals surface area contributed by atoms with Crippen LogP contribution < -0.4 is 0 Å². The first-order valence-corrected chi connectivity index (χ1v) is 6.52. The van der Waals surface area contributed by atoms with Crippen LogP contribution in [0.2, 0.25) is 0 Å². The lowest BCUT2D eigenvalue weighted by atomic mass is 10.1. The molecule has 0 bridgehead atoms. The summed E-state index contributed by atoms with van der Waals surface area (Å²) in [5.74, 6) is 6.06. The molecule has 0 unspecified atom stereocenters. The summed E-state index contributed by atoms with van der Waals surface area (Å²) in [6.45, 7) is 1.72.